The molecule has 29 heavy (non-hydrogen) atoms. The van der Waals surface area contributed by atoms with Gasteiger partial charge in [0.2, 0.25) is 0 Å². The first kappa shape index (κ1) is 20.0. The molecule has 0 aliphatic heterocycles. The Labute approximate surface area is 176 Å². The van der Waals surface area contributed by atoms with Crippen LogP contribution in [-0.2, 0) is 6.42 Å². The van der Waals surface area contributed by atoms with E-state index in [-0.39, 0.29) is 0 Å². The lowest BCUT2D eigenvalue weighted by Crippen LogP contribution is -2.12. The summed E-state index contributed by atoms with van der Waals surface area (Å²) in [6, 6.07) is 23.2. The number of hydrogen-bond acceptors (Lipinski definition) is 0. The van der Waals surface area contributed by atoms with Gasteiger partial charge in [-0.05, 0) is 96.4 Å². The van der Waals surface area contributed by atoms with Gasteiger partial charge in [0, 0.05) is 0 Å². The molecule has 1 aliphatic rings. The third-order valence-electron chi connectivity index (χ3n) is 6.88. The number of allylic oxidation sites excluding steroid dienone is 2. The van der Waals surface area contributed by atoms with Crippen LogP contribution in [0, 0.1) is 5.92 Å². The van der Waals surface area contributed by atoms with E-state index in [0.717, 1.165) is 24.7 Å². The van der Waals surface area contributed by atoms with Crippen LogP contribution in [0.5, 0.6) is 0 Å². The summed E-state index contributed by atoms with van der Waals surface area (Å²) in [5.41, 5.74) is 5.61. The van der Waals surface area contributed by atoms with Crippen molar-refractivity contribution in [3.05, 3.63) is 83.9 Å². The number of benzene rings is 3. The molecule has 0 radical (unpaired) electrons. The van der Waals surface area contributed by atoms with E-state index < -0.39 is 0 Å². The molecule has 0 unspecified atom stereocenters. The van der Waals surface area contributed by atoms with E-state index in [1.165, 1.54) is 65.1 Å². The molecule has 3 aromatic carbocycles. The van der Waals surface area contributed by atoms with Crippen molar-refractivity contribution < 1.29 is 0 Å². The molecule has 0 heterocycles. The molecule has 1 aliphatic carbocycles. The highest BCUT2D eigenvalue weighted by atomic mass is 14.3. The van der Waals surface area contributed by atoms with Crippen molar-refractivity contribution in [1.29, 1.82) is 0 Å². The summed E-state index contributed by atoms with van der Waals surface area (Å²) in [4.78, 5) is 0. The van der Waals surface area contributed by atoms with E-state index in [0.29, 0.717) is 0 Å². The van der Waals surface area contributed by atoms with Gasteiger partial charge in [-0.3, -0.25) is 0 Å². The number of rotatable bonds is 6. The van der Waals surface area contributed by atoms with Gasteiger partial charge in [0.25, 0.3) is 0 Å². The second-order valence-corrected chi connectivity index (χ2v) is 8.75. The Morgan fingerprint density at radius 3 is 2.21 bits per heavy atom. The second-order valence-electron chi connectivity index (χ2n) is 8.75. The molecule has 0 aromatic heterocycles. The van der Waals surface area contributed by atoms with E-state index in [9.17, 15) is 0 Å². The summed E-state index contributed by atoms with van der Waals surface area (Å²) in [5.74, 6) is 1.73. The van der Waals surface area contributed by atoms with Crippen LogP contribution in [-0.4, -0.2) is 0 Å². The highest BCUT2D eigenvalue weighted by Gasteiger charge is 2.21. The van der Waals surface area contributed by atoms with Crippen molar-refractivity contribution >= 4 is 10.8 Å². The number of fused-ring (bicyclic) bond motifs is 1. The predicted molar refractivity (Wildman–Crippen MR) is 128 cm³/mol. The zero-order valence-electron chi connectivity index (χ0n) is 18.0. The van der Waals surface area contributed by atoms with Gasteiger partial charge in [-0.25, -0.2) is 0 Å². The van der Waals surface area contributed by atoms with E-state index in [4.69, 9.17) is 0 Å². The number of hydrogen-bond donors (Lipinski definition) is 0. The smallest absolute Gasteiger partial charge is 0.0162 e. The van der Waals surface area contributed by atoms with Crippen LogP contribution in [0.15, 0.2) is 72.8 Å². The Balaban J connectivity index is 1.48. The molecule has 0 bridgehead atoms. The molecule has 0 saturated heterocycles. The highest BCUT2D eigenvalue weighted by Crippen LogP contribution is 2.37. The fraction of sp³-hybridized carbons (Fsp3) is 0.379. The van der Waals surface area contributed by atoms with Gasteiger partial charge in [-0.1, -0.05) is 80.1 Å². The molecule has 1 saturated carbocycles. The molecule has 0 N–H and O–H groups in total. The first-order chi connectivity index (χ1) is 14.3. The monoisotopic (exact) mass is 382 g/mol. The van der Waals surface area contributed by atoms with Crippen LogP contribution in [0.25, 0.3) is 21.9 Å². The summed E-state index contributed by atoms with van der Waals surface area (Å²) in [6.07, 6.45) is 13.5. The highest BCUT2D eigenvalue weighted by molar-refractivity contribution is 5.87. The standard InChI is InChI=1S/C29H34/c1-3-5-6-7-23-10-13-29-21-28(19-18-27(29)20-23)26-16-14-25(15-17-26)24-11-8-22(4-2)9-12-24/h3,5,10,13-22,24H,4,6-9,11-12H2,1-2H3/b5-3+. The zero-order valence-corrected chi connectivity index (χ0v) is 18.0. The van der Waals surface area contributed by atoms with Gasteiger partial charge in [-0.15, -0.1) is 0 Å². The van der Waals surface area contributed by atoms with Crippen molar-refractivity contribution in [1.82, 2.24) is 0 Å². The zero-order chi connectivity index (χ0) is 20.1. The van der Waals surface area contributed by atoms with E-state index in [1.807, 2.05) is 0 Å². The topological polar surface area (TPSA) is 0 Å². The maximum absolute atomic E-state index is 2.38. The fourth-order valence-corrected chi connectivity index (χ4v) is 4.90. The molecule has 4 rings (SSSR count). The van der Waals surface area contributed by atoms with Crippen LogP contribution in [0.4, 0.5) is 0 Å². The average Bonchev–Trinajstić information content (AvgIpc) is 2.79. The quantitative estimate of drug-likeness (QED) is 0.374. The van der Waals surface area contributed by atoms with Gasteiger partial charge >= 0.3 is 0 Å². The van der Waals surface area contributed by atoms with Crippen LogP contribution < -0.4 is 0 Å². The van der Waals surface area contributed by atoms with Crippen molar-refractivity contribution in [2.75, 3.05) is 0 Å². The lowest BCUT2D eigenvalue weighted by atomic mass is 9.77. The molecule has 0 nitrogen and oxygen atoms in total. The first-order valence-electron chi connectivity index (χ1n) is 11.5. The molecule has 0 atom stereocenters. The minimum Gasteiger partial charge on any atom is -0.0917 e. The summed E-state index contributed by atoms with van der Waals surface area (Å²) >= 11 is 0. The minimum absolute atomic E-state index is 0.768. The van der Waals surface area contributed by atoms with Crippen molar-refractivity contribution in [2.24, 2.45) is 5.92 Å². The molecule has 1 fully saturated rings. The maximum Gasteiger partial charge on any atom is -0.0162 e. The van der Waals surface area contributed by atoms with Gasteiger partial charge in [0.05, 0.1) is 0 Å². The maximum atomic E-state index is 2.38. The lowest BCUT2D eigenvalue weighted by Gasteiger charge is -2.28. The average molecular weight is 383 g/mol. The summed E-state index contributed by atoms with van der Waals surface area (Å²) in [6.45, 7) is 4.43. The van der Waals surface area contributed by atoms with E-state index in [2.05, 4.69) is 86.7 Å². The summed E-state index contributed by atoms with van der Waals surface area (Å²) in [7, 11) is 0. The van der Waals surface area contributed by atoms with Gasteiger partial charge in [0.15, 0.2) is 0 Å². The number of aryl methyl sites for hydroxylation is 1. The Morgan fingerprint density at radius 2 is 1.48 bits per heavy atom. The normalized spacial score (nSPS) is 19.8. The van der Waals surface area contributed by atoms with Gasteiger partial charge in [0.1, 0.15) is 0 Å². The largest absolute Gasteiger partial charge is 0.0917 e. The Kier molecular flexibility index (Phi) is 6.49. The molecular weight excluding hydrogens is 348 g/mol. The van der Waals surface area contributed by atoms with E-state index in [1.54, 1.807) is 0 Å². The Hall–Kier alpha value is -2.34. The molecule has 0 heteroatoms. The second kappa shape index (κ2) is 9.44. The van der Waals surface area contributed by atoms with Crippen molar-refractivity contribution in [3.63, 3.8) is 0 Å². The molecular formula is C29H34. The van der Waals surface area contributed by atoms with Crippen LogP contribution in [0.2, 0.25) is 0 Å². The summed E-state index contributed by atoms with van der Waals surface area (Å²) < 4.78 is 0. The van der Waals surface area contributed by atoms with Crippen molar-refractivity contribution in [2.45, 2.75) is 64.7 Å². The van der Waals surface area contributed by atoms with Crippen molar-refractivity contribution in [3.8, 4) is 11.1 Å². The Bertz CT molecular complexity index is 953. The van der Waals surface area contributed by atoms with E-state index >= 15 is 0 Å². The van der Waals surface area contributed by atoms with Gasteiger partial charge in [-0.2, -0.15) is 0 Å². The summed E-state index contributed by atoms with van der Waals surface area (Å²) in [5, 5.41) is 2.68. The molecule has 0 amide bonds. The third kappa shape index (κ3) is 4.81. The van der Waals surface area contributed by atoms with Gasteiger partial charge < -0.3 is 0 Å². The first-order valence-corrected chi connectivity index (χ1v) is 11.5. The predicted octanol–water partition coefficient (Wildman–Crippen LogP) is 8.70. The molecule has 3 aromatic rings. The molecule has 150 valence electrons. The fourth-order valence-electron chi connectivity index (χ4n) is 4.90. The molecule has 0 spiro atoms. The van der Waals surface area contributed by atoms with Crippen LogP contribution >= 0.6 is 0 Å². The SMILES string of the molecule is C/C=C/CCc1ccc2cc(-c3ccc(C4CCC(CC)CC4)cc3)ccc2c1. The van der Waals surface area contributed by atoms with Crippen LogP contribution in [0.3, 0.4) is 0 Å². The Morgan fingerprint density at radius 1 is 0.793 bits per heavy atom. The minimum atomic E-state index is 0.768. The lowest BCUT2D eigenvalue weighted by molar-refractivity contribution is 0.319. The third-order valence-corrected chi connectivity index (χ3v) is 6.88. The van der Waals surface area contributed by atoms with Crippen LogP contribution in [0.1, 0.15) is 69.4 Å².